The van der Waals surface area contributed by atoms with Crippen LogP contribution in [0.15, 0.2) is 24.3 Å². The molecule has 104 valence electrons. The Morgan fingerprint density at radius 1 is 1.37 bits per heavy atom. The van der Waals surface area contributed by atoms with E-state index in [9.17, 15) is 4.79 Å². The number of carbonyl (C=O) groups is 1. The van der Waals surface area contributed by atoms with Gasteiger partial charge in [0.05, 0.1) is 7.11 Å². The number of rotatable bonds is 4. The molecule has 1 aliphatic rings. The zero-order valence-electron chi connectivity index (χ0n) is 11.6. The lowest BCUT2D eigenvalue weighted by Gasteiger charge is -2.17. The first kappa shape index (κ1) is 13.9. The summed E-state index contributed by atoms with van der Waals surface area (Å²) in [5.41, 5.74) is 1.21. The van der Waals surface area contributed by atoms with E-state index in [4.69, 9.17) is 4.74 Å². The molecule has 4 heteroatoms. The van der Waals surface area contributed by atoms with Gasteiger partial charge in [0, 0.05) is 25.6 Å². The lowest BCUT2D eigenvalue weighted by molar-refractivity contribution is -0.121. The van der Waals surface area contributed by atoms with Gasteiger partial charge in [0.1, 0.15) is 5.75 Å². The van der Waals surface area contributed by atoms with Crippen molar-refractivity contribution in [3.8, 4) is 5.75 Å². The van der Waals surface area contributed by atoms with Crippen LogP contribution < -0.4 is 15.4 Å². The SMILES string of the molecule is COc1ccc(CNC2CC(=O)NCC(C)C2)cc1. The van der Waals surface area contributed by atoms with Crippen LogP contribution in [0.25, 0.3) is 0 Å². The molecule has 2 atom stereocenters. The first-order valence-corrected chi connectivity index (χ1v) is 6.80. The molecule has 0 bridgehead atoms. The van der Waals surface area contributed by atoms with Crippen molar-refractivity contribution in [1.29, 1.82) is 0 Å². The number of amides is 1. The topological polar surface area (TPSA) is 50.4 Å². The van der Waals surface area contributed by atoms with Gasteiger partial charge in [-0.25, -0.2) is 0 Å². The molecule has 2 unspecified atom stereocenters. The molecule has 1 fully saturated rings. The van der Waals surface area contributed by atoms with Gasteiger partial charge in [-0.15, -0.1) is 0 Å². The van der Waals surface area contributed by atoms with Crippen molar-refractivity contribution in [1.82, 2.24) is 10.6 Å². The summed E-state index contributed by atoms with van der Waals surface area (Å²) in [6.07, 6.45) is 1.61. The molecule has 1 aromatic rings. The number of hydrogen-bond acceptors (Lipinski definition) is 3. The quantitative estimate of drug-likeness (QED) is 0.868. The first-order chi connectivity index (χ1) is 9.17. The van der Waals surface area contributed by atoms with Gasteiger partial charge in [-0.3, -0.25) is 4.79 Å². The zero-order chi connectivity index (χ0) is 13.7. The Hall–Kier alpha value is -1.55. The van der Waals surface area contributed by atoms with Crippen LogP contribution in [0.2, 0.25) is 0 Å². The number of methoxy groups -OCH3 is 1. The average molecular weight is 262 g/mol. The van der Waals surface area contributed by atoms with E-state index in [0.29, 0.717) is 12.3 Å². The Morgan fingerprint density at radius 3 is 2.79 bits per heavy atom. The molecule has 0 aromatic heterocycles. The Balaban J connectivity index is 1.87. The lowest BCUT2D eigenvalue weighted by Crippen LogP contribution is -2.32. The van der Waals surface area contributed by atoms with Crippen LogP contribution in [-0.4, -0.2) is 25.6 Å². The van der Waals surface area contributed by atoms with E-state index in [-0.39, 0.29) is 11.9 Å². The third-order valence-electron chi connectivity index (χ3n) is 3.52. The number of carbonyl (C=O) groups excluding carboxylic acids is 1. The van der Waals surface area contributed by atoms with Crippen LogP contribution in [0.1, 0.15) is 25.3 Å². The number of benzene rings is 1. The highest BCUT2D eigenvalue weighted by Crippen LogP contribution is 2.14. The van der Waals surface area contributed by atoms with Crippen molar-refractivity contribution in [3.05, 3.63) is 29.8 Å². The minimum absolute atomic E-state index is 0.150. The zero-order valence-corrected chi connectivity index (χ0v) is 11.6. The third kappa shape index (κ3) is 4.24. The van der Waals surface area contributed by atoms with Crippen LogP contribution in [-0.2, 0) is 11.3 Å². The minimum Gasteiger partial charge on any atom is -0.497 e. The molecule has 1 amide bonds. The summed E-state index contributed by atoms with van der Waals surface area (Å²) in [6.45, 7) is 3.75. The molecule has 0 spiro atoms. The molecular formula is C15H22N2O2. The summed E-state index contributed by atoms with van der Waals surface area (Å²) in [5, 5.41) is 6.42. The van der Waals surface area contributed by atoms with Gasteiger partial charge in [0.2, 0.25) is 5.91 Å². The van der Waals surface area contributed by atoms with Gasteiger partial charge >= 0.3 is 0 Å². The van der Waals surface area contributed by atoms with E-state index in [0.717, 1.165) is 25.3 Å². The molecule has 1 aromatic carbocycles. The number of nitrogens with one attached hydrogen (secondary N) is 2. The predicted octanol–water partition coefficient (Wildman–Crippen LogP) is 1.70. The van der Waals surface area contributed by atoms with Crippen LogP contribution in [0, 0.1) is 5.92 Å². The molecular weight excluding hydrogens is 240 g/mol. The summed E-state index contributed by atoms with van der Waals surface area (Å²) < 4.78 is 5.13. The third-order valence-corrected chi connectivity index (χ3v) is 3.52. The van der Waals surface area contributed by atoms with Crippen LogP contribution in [0.5, 0.6) is 5.75 Å². The molecule has 2 rings (SSSR count). The number of ether oxygens (including phenoxy) is 1. The van der Waals surface area contributed by atoms with Crippen molar-refractivity contribution in [2.24, 2.45) is 5.92 Å². The Labute approximate surface area is 114 Å². The molecule has 0 radical (unpaired) electrons. The first-order valence-electron chi connectivity index (χ1n) is 6.80. The van der Waals surface area contributed by atoms with E-state index >= 15 is 0 Å². The maximum Gasteiger partial charge on any atom is 0.221 e. The van der Waals surface area contributed by atoms with Gasteiger partial charge in [-0.05, 0) is 30.0 Å². The van der Waals surface area contributed by atoms with E-state index in [1.807, 2.05) is 24.3 Å². The van der Waals surface area contributed by atoms with Gasteiger partial charge in [-0.2, -0.15) is 0 Å². The van der Waals surface area contributed by atoms with Gasteiger partial charge in [-0.1, -0.05) is 19.1 Å². The van der Waals surface area contributed by atoms with Crippen LogP contribution >= 0.6 is 0 Å². The molecule has 1 aliphatic heterocycles. The highest BCUT2D eigenvalue weighted by atomic mass is 16.5. The number of hydrogen-bond donors (Lipinski definition) is 2. The van der Waals surface area contributed by atoms with Crippen LogP contribution in [0.3, 0.4) is 0 Å². The second-order valence-electron chi connectivity index (χ2n) is 5.27. The van der Waals surface area contributed by atoms with Crippen LogP contribution in [0.4, 0.5) is 0 Å². The van der Waals surface area contributed by atoms with Crippen molar-refractivity contribution >= 4 is 5.91 Å². The van der Waals surface area contributed by atoms with E-state index in [2.05, 4.69) is 17.6 Å². The van der Waals surface area contributed by atoms with Gasteiger partial charge in [0.25, 0.3) is 0 Å². The largest absolute Gasteiger partial charge is 0.497 e. The Bertz CT molecular complexity index is 417. The normalized spacial score (nSPS) is 23.6. The van der Waals surface area contributed by atoms with E-state index in [1.165, 1.54) is 5.56 Å². The maximum atomic E-state index is 11.6. The summed E-state index contributed by atoms with van der Waals surface area (Å²) in [4.78, 5) is 11.6. The molecule has 0 saturated carbocycles. The molecule has 0 aliphatic carbocycles. The smallest absolute Gasteiger partial charge is 0.221 e. The van der Waals surface area contributed by atoms with Crippen molar-refractivity contribution in [2.75, 3.05) is 13.7 Å². The summed E-state index contributed by atoms with van der Waals surface area (Å²) in [5.74, 6) is 1.54. The van der Waals surface area contributed by atoms with E-state index in [1.54, 1.807) is 7.11 Å². The summed E-state index contributed by atoms with van der Waals surface area (Å²) in [7, 11) is 1.67. The van der Waals surface area contributed by atoms with Crippen molar-refractivity contribution < 1.29 is 9.53 Å². The van der Waals surface area contributed by atoms with Crippen molar-refractivity contribution in [3.63, 3.8) is 0 Å². The molecule has 1 saturated heterocycles. The van der Waals surface area contributed by atoms with Gasteiger partial charge in [0.15, 0.2) is 0 Å². The summed E-state index contributed by atoms with van der Waals surface area (Å²) in [6, 6.07) is 8.27. The molecule has 2 N–H and O–H groups in total. The standard InChI is InChI=1S/C15H22N2O2/c1-11-7-13(8-15(18)17-9-11)16-10-12-3-5-14(19-2)6-4-12/h3-6,11,13,16H,7-10H2,1-2H3,(H,17,18). The molecule has 1 heterocycles. The molecule has 19 heavy (non-hydrogen) atoms. The highest BCUT2D eigenvalue weighted by molar-refractivity contribution is 5.76. The fourth-order valence-electron chi connectivity index (χ4n) is 2.40. The fourth-order valence-corrected chi connectivity index (χ4v) is 2.40. The fraction of sp³-hybridized carbons (Fsp3) is 0.533. The van der Waals surface area contributed by atoms with Crippen molar-refractivity contribution in [2.45, 2.75) is 32.4 Å². The average Bonchev–Trinajstić information content (AvgIpc) is 2.58. The second kappa shape index (κ2) is 6.57. The maximum absolute atomic E-state index is 11.6. The second-order valence-corrected chi connectivity index (χ2v) is 5.27. The monoisotopic (exact) mass is 262 g/mol. The Morgan fingerprint density at radius 2 is 2.11 bits per heavy atom. The summed E-state index contributed by atoms with van der Waals surface area (Å²) >= 11 is 0. The predicted molar refractivity (Wildman–Crippen MR) is 75.0 cm³/mol. The lowest BCUT2D eigenvalue weighted by atomic mass is 10.0. The Kier molecular flexibility index (Phi) is 4.80. The van der Waals surface area contributed by atoms with E-state index < -0.39 is 0 Å². The molecule has 4 nitrogen and oxygen atoms in total. The highest BCUT2D eigenvalue weighted by Gasteiger charge is 2.20. The van der Waals surface area contributed by atoms with Gasteiger partial charge < -0.3 is 15.4 Å². The minimum atomic E-state index is 0.150.